The minimum Gasteiger partial charge on any atom is -0.369 e. The maximum Gasteiger partial charge on any atom is 0.144 e. The summed E-state index contributed by atoms with van der Waals surface area (Å²) >= 11 is 3.57. The van der Waals surface area contributed by atoms with E-state index < -0.39 is 0 Å². The van der Waals surface area contributed by atoms with Crippen molar-refractivity contribution in [1.82, 2.24) is 9.97 Å². The molecule has 0 fully saturated rings. The lowest BCUT2D eigenvalue weighted by atomic mass is 10.0. The molecule has 0 amide bonds. The van der Waals surface area contributed by atoms with Crippen molar-refractivity contribution >= 4 is 21.7 Å². The number of nitrogens with zero attached hydrogens (tertiary/aromatic N) is 2. The van der Waals surface area contributed by atoms with Gasteiger partial charge in [0.1, 0.15) is 11.6 Å². The number of hydrogen-bond acceptors (Lipinski definition) is 3. The van der Waals surface area contributed by atoms with Gasteiger partial charge in [-0.15, -0.1) is 0 Å². The Kier molecular flexibility index (Phi) is 3.74. The zero-order valence-electron chi connectivity index (χ0n) is 11.8. The summed E-state index contributed by atoms with van der Waals surface area (Å²) in [5.74, 6) is 2.17. The van der Waals surface area contributed by atoms with Gasteiger partial charge in [-0.1, -0.05) is 24.3 Å². The average Bonchev–Trinajstić information content (AvgIpc) is 2.88. The molecule has 1 heterocycles. The predicted molar refractivity (Wildman–Crippen MR) is 85.2 cm³/mol. The van der Waals surface area contributed by atoms with Gasteiger partial charge in [-0.2, -0.15) is 0 Å². The van der Waals surface area contributed by atoms with Gasteiger partial charge in [-0.25, -0.2) is 9.97 Å². The zero-order valence-corrected chi connectivity index (χ0v) is 13.4. The standard InChI is InChI=1S/C16H18BrN3/c1-3-18-16-14(17)10(2)19-15(20-16)13-9-8-11-6-4-5-7-12(11)13/h4-7,13H,3,8-9H2,1-2H3,(H,18,19,20). The Morgan fingerprint density at radius 1 is 1.30 bits per heavy atom. The van der Waals surface area contributed by atoms with Crippen LogP contribution >= 0.6 is 15.9 Å². The van der Waals surface area contributed by atoms with Crippen LogP contribution in [0, 0.1) is 6.92 Å². The van der Waals surface area contributed by atoms with Crippen molar-refractivity contribution in [2.24, 2.45) is 0 Å². The lowest BCUT2D eigenvalue weighted by molar-refractivity contribution is 0.723. The molecule has 0 aliphatic heterocycles. The van der Waals surface area contributed by atoms with E-state index >= 15 is 0 Å². The fraction of sp³-hybridized carbons (Fsp3) is 0.375. The van der Waals surface area contributed by atoms with Crippen molar-refractivity contribution < 1.29 is 0 Å². The quantitative estimate of drug-likeness (QED) is 0.921. The van der Waals surface area contributed by atoms with Crippen molar-refractivity contribution in [3.8, 4) is 0 Å². The first-order chi connectivity index (χ1) is 9.70. The van der Waals surface area contributed by atoms with Crippen LogP contribution in [0.3, 0.4) is 0 Å². The molecule has 0 radical (unpaired) electrons. The highest BCUT2D eigenvalue weighted by Gasteiger charge is 2.26. The average molecular weight is 332 g/mol. The van der Waals surface area contributed by atoms with Gasteiger partial charge in [0.25, 0.3) is 0 Å². The van der Waals surface area contributed by atoms with Gasteiger partial charge in [0.2, 0.25) is 0 Å². The summed E-state index contributed by atoms with van der Waals surface area (Å²) in [6.07, 6.45) is 2.22. The summed E-state index contributed by atoms with van der Waals surface area (Å²) in [6.45, 7) is 4.96. The Labute approximate surface area is 128 Å². The van der Waals surface area contributed by atoms with E-state index in [9.17, 15) is 0 Å². The third-order valence-corrected chi connectivity index (χ3v) is 4.77. The van der Waals surface area contributed by atoms with Crippen LogP contribution in [0.15, 0.2) is 28.7 Å². The number of rotatable bonds is 3. The first kappa shape index (κ1) is 13.6. The molecule has 1 atom stereocenters. The van der Waals surface area contributed by atoms with Crippen LogP contribution in [0.4, 0.5) is 5.82 Å². The van der Waals surface area contributed by atoms with E-state index in [1.54, 1.807) is 0 Å². The van der Waals surface area contributed by atoms with Gasteiger partial charge in [0.15, 0.2) is 0 Å². The van der Waals surface area contributed by atoms with Gasteiger partial charge >= 0.3 is 0 Å². The Balaban J connectivity index is 2.03. The molecule has 104 valence electrons. The first-order valence-corrected chi connectivity index (χ1v) is 7.85. The van der Waals surface area contributed by atoms with Gasteiger partial charge in [0.05, 0.1) is 10.2 Å². The Morgan fingerprint density at radius 3 is 2.90 bits per heavy atom. The molecule has 1 N–H and O–H groups in total. The SMILES string of the molecule is CCNc1nc(C2CCc3ccccc32)nc(C)c1Br. The Hall–Kier alpha value is -1.42. The molecular formula is C16H18BrN3. The van der Waals surface area contributed by atoms with Crippen molar-refractivity contribution in [2.45, 2.75) is 32.6 Å². The topological polar surface area (TPSA) is 37.8 Å². The molecular weight excluding hydrogens is 314 g/mol. The molecule has 1 aliphatic rings. The molecule has 1 aromatic heterocycles. The monoisotopic (exact) mass is 331 g/mol. The number of hydrogen-bond donors (Lipinski definition) is 1. The summed E-state index contributed by atoms with van der Waals surface area (Å²) in [6, 6.07) is 8.64. The van der Waals surface area contributed by atoms with Gasteiger partial charge in [-0.3, -0.25) is 0 Å². The lowest BCUT2D eigenvalue weighted by Crippen LogP contribution is -2.09. The molecule has 0 bridgehead atoms. The molecule has 0 spiro atoms. The second-order valence-electron chi connectivity index (χ2n) is 5.15. The fourth-order valence-electron chi connectivity index (χ4n) is 2.85. The smallest absolute Gasteiger partial charge is 0.144 e. The van der Waals surface area contributed by atoms with Crippen molar-refractivity contribution in [1.29, 1.82) is 0 Å². The highest BCUT2D eigenvalue weighted by Crippen LogP contribution is 2.37. The van der Waals surface area contributed by atoms with E-state index in [1.165, 1.54) is 11.1 Å². The summed E-state index contributed by atoms with van der Waals surface area (Å²) in [5, 5.41) is 3.31. The molecule has 4 heteroatoms. The van der Waals surface area contributed by atoms with Gasteiger partial charge in [-0.05, 0) is 53.7 Å². The minimum atomic E-state index is 0.329. The van der Waals surface area contributed by atoms with Crippen molar-refractivity contribution in [3.05, 3.63) is 51.4 Å². The minimum absolute atomic E-state index is 0.329. The van der Waals surface area contributed by atoms with Crippen LogP contribution in [-0.4, -0.2) is 16.5 Å². The van der Waals surface area contributed by atoms with Crippen LogP contribution in [0.2, 0.25) is 0 Å². The molecule has 1 unspecified atom stereocenters. The number of fused-ring (bicyclic) bond motifs is 1. The maximum absolute atomic E-state index is 4.73. The summed E-state index contributed by atoms with van der Waals surface area (Å²) < 4.78 is 0.967. The lowest BCUT2D eigenvalue weighted by Gasteiger charge is -2.14. The van der Waals surface area contributed by atoms with Crippen molar-refractivity contribution in [2.75, 3.05) is 11.9 Å². The van der Waals surface area contributed by atoms with Crippen molar-refractivity contribution in [3.63, 3.8) is 0 Å². The third kappa shape index (κ3) is 2.33. The molecule has 3 rings (SSSR count). The number of aromatic nitrogens is 2. The predicted octanol–water partition coefficient (Wildman–Crippen LogP) is 4.06. The van der Waals surface area contributed by atoms with E-state index in [2.05, 4.69) is 52.4 Å². The fourth-order valence-corrected chi connectivity index (χ4v) is 3.16. The van der Waals surface area contributed by atoms with E-state index in [4.69, 9.17) is 9.97 Å². The van der Waals surface area contributed by atoms with E-state index in [1.807, 2.05) is 6.92 Å². The van der Waals surface area contributed by atoms with Crippen LogP contribution < -0.4 is 5.32 Å². The van der Waals surface area contributed by atoms with Gasteiger partial charge < -0.3 is 5.32 Å². The third-order valence-electron chi connectivity index (χ3n) is 3.82. The number of benzene rings is 1. The highest BCUT2D eigenvalue weighted by atomic mass is 79.9. The second-order valence-corrected chi connectivity index (χ2v) is 5.94. The molecule has 2 aromatic rings. The van der Waals surface area contributed by atoms with E-state index in [0.717, 1.165) is 41.2 Å². The number of nitrogens with one attached hydrogen (secondary N) is 1. The van der Waals surface area contributed by atoms with Gasteiger partial charge in [0, 0.05) is 12.5 Å². The van der Waals surface area contributed by atoms with E-state index in [-0.39, 0.29) is 0 Å². The Morgan fingerprint density at radius 2 is 2.10 bits per heavy atom. The normalized spacial score (nSPS) is 17.1. The molecule has 3 nitrogen and oxygen atoms in total. The molecule has 1 aromatic carbocycles. The molecule has 1 aliphatic carbocycles. The molecule has 20 heavy (non-hydrogen) atoms. The number of aryl methyl sites for hydroxylation is 2. The summed E-state index contributed by atoms with van der Waals surface area (Å²) in [5.41, 5.74) is 3.82. The second kappa shape index (κ2) is 5.52. The number of anilines is 1. The summed E-state index contributed by atoms with van der Waals surface area (Å²) in [4.78, 5) is 9.43. The van der Waals surface area contributed by atoms with Crippen LogP contribution in [0.25, 0.3) is 0 Å². The van der Waals surface area contributed by atoms with Crippen LogP contribution in [0.1, 0.15) is 41.9 Å². The Bertz CT molecular complexity index is 640. The maximum atomic E-state index is 4.73. The van der Waals surface area contributed by atoms with Crippen LogP contribution in [0.5, 0.6) is 0 Å². The first-order valence-electron chi connectivity index (χ1n) is 7.06. The summed E-state index contributed by atoms with van der Waals surface area (Å²) in [7, 11) is 0. The van der Waals surface area contributed by atoms with Crippen LogP contribution in [-0.2, 0) is 6.42 Å². The number of halogens is 1. The highest BCUT2D eigenvalue weighted by molar-refractivity contribution is 9.10. The molecule has 0 saturated carbocycles. The van der Waals surface area contributed by atoms with E-state index in [0.29, 0.717) is 5.92 Å². The zero-order chi connectivity index (χ0) is 14.1. The largest absolute Gasteiger partial charge is 0.369 e. The molecule has 0 saturated heterocycles.